The molecule has 128 valence electrons. The standard InChI is InChI=1S/C14H27N3O5/c1-8(2)12(22-14(21)15-4)13(20)16-9(3)10(18)7-11(19)17(5)6/h8-10,12,18H,7H2,1-6H3,(H,15,21)(H,16,20). The van der Waals surface area contributed by atoms with E-state index < -0.39 is 30.3 Å². The van der Waals surface area contributed by atoms with Gasteiger partial charge in [0, 0.05) is 21.1 Å². The molecule has 8 nitrogen and oxygen atoms in total. The molecule has 0 aliphatic heterocycles. The topological polar surface area (TPSA) is 108 Å². The highest BCUT2D eigenvalue weighted by Gasteiger charge is 2.29. The van der Waals surface area contributed by atoms with E-state index >= 15 is 0 Å². The molecule has 0 aromatic heterocycles. The molecular weight excluding hydrogens is 290 g/mol. The van der Waals surface area contributed by atoms with Crippen LogP contribution in [0.3, 0.4) is 0 Å². The lowest BCUT2D eigenvalue weighted by Gasteiger charge is -2.25. The van der Waals surface area contributed by atoms with Gasteiger partial charge < -0.3 is 25.4 Å². The van der Waals surface area contributed by atoms with E-state index in [0.29, 0.717) is 0 Å². The second kappa shape index (κ2) is 9.24. The first-order chi connectivity index (χ1) is 10.1. The van der Waals surface area contributed by atoms with E-state index in [9.17, 15) is 19.5 Å². The van der Waals surface area contributed by atoms with Gasteiger partial charge in [0.25, 0.3) is 5.91 Å². The number of hydrogen-bond donors (Lipinski definition) is 3. The number of carbonyl (C=O) groups excluding carboxylic acids is 3. The average molecular weight is 317 g/mol. The Kier molecular flexibility index (Phi) is 8.47. The first kappa shape index (κ1) is 20.2. The Balaban J connectivity index is 4.64. The van der Waals surface area contributed by atoms with Gasteiger partial charge in [0.05, 0.1) is 18.6 Å². The van der Waals surface area contributed by atoms with Crippen molar-refractivity contribution in [2.45, 2.75) is 45.4 Å². The highest BCUT2D eigenvalue weighted by atomic mass is 16.6. The molecule has 0 aliphatic carbocycles. The van der Waals surface area contributed by atoms with E-state index in [0.717, 1.165) is 0 Å². The van der Waals surface area contributed by atoms with Crippen LogP contribution in [-0.2, 0) is 14.3 Å². The molecule has 0 aromatic carbocycles. The van der Waals surface area contributed by atoms with Gasteiger partial charge in [-0.3, -0.25) is 9.59 Å². The maximum Gasteiger partial charge on any atom is 0.407 e. The Bertz CT molecular complexity index is 398. The zero-order chi connectivity index (χ0) is 17.4. The maximum absolute atomic E-state index is 12.1. The maximum atomic E-state index is 12.1. The first-order valence-electron chi connectivity index (χ1n) is 7.17. The number of aliphatic hydroxyl groups is 1. The minimum absolute atomic E-state index is 0.100. The van der Waals surface area contributed by atoms with E-state index in [1.807, 2.05) is 0 Å². The highest BCUT2D eigenvalue weighted by molar-refractivity contribution is 5.84. The number of rotatable bonds is 7. The molecule has 0 radical (unpaired) electrons. The van der Waals surface area contributed by atoms with Gasteiger partial charge in [-0.05, 0) is 12.8 Å². The van der Waals surface area contributed by atoms with Gasteiger partial charge in [0.1, 0.15) is 0 Å². The number of alkyl carbamates (subject to hydrolysis) is 1. The fraction of sp³-hybridized carbons (Fsp3) is 0.786. The Morgan fingerprint density at radius 2 is 1.73 bits per heavy atom. The van der Waals surface area contributed by atoms with Crippen LogP contribution in [0.4, 0.5) is 4.79 Å². The Morgan fingerprint density at radius 3 is 2.14 bits per heavy atom. The minimum Gasteiger partial charge on any atom is -0.436 e. The molecule has 3 N–H and O–H groups in total. The summed E-state index contributed by atoms with van der Waals surface area (Å²) in [6, 6.07) is -0.647. The summed E-state index contributed by atoms with van der Waals surface area (Å²) >= 11 is 0. The van der Waals surface area contributed by atoms with E-state index in [-0.39, 0.29) is 18.2 Å². The van der Waals surface area contributed by atoms with Gasteiger partial charge in [0.15, 0.2) is 6.10 Å². The SMILES string of the molecule is CNC(=O)OC(C(=O)NC(C)C(O)CC(=O)N(C)C)C(C)C. The Labute approximate surface area is 131 Å². The number of amides is 3. The lowest BCUT2D eigenvalue weighted by Crippen LogP contribution is -2.49. The summed E-state index contributed by atoms with van der Waals surface area (Å²) in [4.78, 5) is 36.3. The van der Waals surface area contributed by atoms with Gasteiger partial charge in [-0.15, -0.1) is 0 Å². The zero-order valence-corrected chi connectivity index (χ0v) is 14.0. The quantitative estimate of drug-likeness (QED) is 0.598. The molecule has 0 saturated carbocycles. The van der Waals surface area contributed by atoms with Crippen LogP contribution >= 0.6 is 0 Å². The number of nitrogens with zero attached hydrogens (tertiary/aromatic N) is 1. The van der Waals surface area contributed by atoms with Crippen molar-refractivity contribution in [2.75, 3.05) is 21.1 Å². The molecular formula is C14H27N3O5. The summed E-state index contributed by atoms with van der Waals surface area (Å²) in [5.74, 6) is -0.983. The third-order valence-corrected chi connectivity index (χ3v) is 3.13. The first-order valence-corrected chi connectivity index (χ1v) is 7.17. The fourth-order valence-electron chi connectivity index (χ4n) is 1.61. The van der Waals surface area contributed by atoms with E-state index in [4.69, 9.17) is 4.74 Å². The molecule has 0 saturated heterocycles. The number of hydrogen-bond acceptors (Lipinski definition) is 5. The molecule has 0 aliphatic rings. The van der Waals surface area contributed by atoms with Gasteiger partial charge in [0.2, 0.25) is 5.91 Å². The number of nitrogens with one attached hydrogen (secondary N) is 2. The van der Waals surface area contributed by atoms with Crippen LogP contribution in [0.2, 0.25) is 0 Å². The molecule has 8 heteroatoms. The fourth-order valence-corrected chi connectivity index (χ4v) is 1.61. The average Bonchev–Trinajstić information content (AvgIpc) is 2.43. The molecule has 0 heterocycles. The summed E-state index contributed by atoms with van der Waals surface area (Å²) in [6.45, 7) is 5.07. The van der Waals surface area contributed by atoms with Crippen LogP contribution in [0.5, 0.6) is 0 Å². The molecule has 3 atom stereocenters. The van der Waals surface area contributed by atoms with E-state index in [1.165, 1.54) is 11.9 Å². The van der Waals surface area contributed by atoms with Gasteiger partial charge in [-0.2, -0.15) is 0 Å². The van der Waals surface area contributed by atoms with Crippen LogP contribution < -0.4 is 10.6 Å². The Morgan fingerprint density at radius 1 is 1.18 bits per heavy atom. The molecule has 3 amide bonds. The predicted octanol–water partition coefficient (Wildman–Crippen LogP) is -0.289. The second-order valence-electron chi connectivity index (χ2n) is 5.68. The molecule has 0 fully saturated rings. The molecule has 0 bridgehead atoms. The van der Waals surface area contributed by atoms with E-state index in [2.05, 4.69) is 10.6 Å². The van der Waals surface area contributed by atoms with Crippen LogP contribution in [0, 0.1) is 5.92 Å². The highest BCUT2D eigenvalue weighted by Crippen LogP contribution is 2.09. The monoisotopic (exact) mass is 317 g/mol. The van der Waals surface area contributed by atoms with Crippen LogP contribution in [0.1, 0.15) is 27.2 Å². The number of carbonyl (C=O) groups is 3. The van der Waals surface area contributed by atoms with E-state index in [1.54, 1.807) is 34.9 Å². The van der Waals surface area contributed by atoms with Crippen molar-refractivity contribution in [3.05, 3.63) is 0 Å². The van der Waals surface area contributed by atoms with Crippen molar-refractivity contribution in [3.63, 3.8) is 0 Å². The lowest BCUT2D eigenvalue weighted by atomic mass is 10.0. The van der Waals surface area contributed by atoms with Crippen molar-refractivity contribution in [3.8, 4) is 0 Å². The largest absolute Gasteiger partial charge is 0.436 e. The van der Waals surface area contributed by atoms with Gasteiger partial charge in [-0.1, -0.05) is 13.8 Å². The summed E-state index contributed by atoms with van der Waals surface area (Å²) in [6.07, 6.45) is -2.80. The number of ether oxygens (including phenoxy) is 1. The molecule has 0 rings (SSSR count). The smallest absolute Gasteiger partial charge is 0.407 e. The van der Waals surface area contributed by atoms with Crippen LogP contribution in [0.25, 0.3) is 0 Å². The number of aliphatic hydroxyl groups excluding tert-OH is 1. The molecule has 0 spiro atoms. The minimum atomic E-state index is -1.02. The van der Waals surface area contributed by atoms with Gasteiger partial charge >= 0.3 is 6.09 Å². The molecule has 22 heavy (non-hydrogen) atoms. The van der Waals surface area contributed by atoms with Gasteiger partial charge in [-0.25, -0.2) is 4.79 Å². The molecule has 0 aromatic rings. The van der Waals surface area contributed by atoms with Crippen LogP contribution in [0.15, 0.2) is 0 Å². The summed E-state index contributed by atoms with van der Waals surface area (Å²) in [5.41, 5.74) is 0. The Hall–Kier alpha value is -1.83. The summed E-state index contributed by atoms with van der Waals surface area (Å²) in [7, 11) is 4.57. The van der Waals surface area contributed by atoms with Crippen molar-refractivity contribution in [1.82, 2.24) is 15.5 Å². The van der Waals surface area contributed by atoms with Crippen molar-refractivity contribution in [2.24, 2.45) is 5.92 Å². The molecule has 3 unspecified atom stereocenters. The lowest BCUT2D eigenvalue weighted by molar-refractivity contribution is -0.135. The second-order valence-corrected chi connectivity index (χ2v) is 5.68. The van der Waals surface area contributed by atoms with Crippen molar-refractivity contribution < 1.29 is 24.2 Å². The zero-order valence-electron chi connectivity index (χ0n) is 14.0. The third kappa shape index (κ3) is 6.75. The van der Waals surface area contributed by atoms with Crippen molar-refractivity contribution >= 4 is 17.9 Å². The van der Waals surface area contributed by atoms with Crippen molar-refractivity contribution in [1.29, 1.82) is 0 Å². The normalized spacial score (nSPS) is 14.7. The summed E-state index contributed by atoms with van der Waals surface area (Å²) < 4.78 is 5.00. The summed E-state index contributed by atoms with van der Waals surface area (Å²) in [5, 5.41) is 14.8. The predicted molar refractivity (Wildman–Crippen MR) is 81.1 cm³/mol. The third-order valence-electron chi connectivity index (χ3n) is 3.13. The van der Waals surface area contributed by atoms with Crippen LogP contribution in [-0.4, -0.2) is 67.3 Å².